The molecule has 8 nitrogen and oxygen atoms in total. The van der Waals surface area contributed by atoms with Crippen molar-refractivity contribution in [3.63, 3.8) is 0 Å². The number of hydrogen-bond donors (Lipinski definition) is 3. The van der Waals surface area contributed by atoms with Crippen LogP contribution < -0.4 is 5.32 Å². The van der Waals surface area contributed by atoms with Crippen LogP contribution in [0.5, 0.6) is 0 Å². The van der Waals surface area contributed by atoms with Crippen molar-refractivity contribution in [1.29, 1.82) is 5.26 Å². The van der Waals surface area contributed by atoms with Crippen molar-refractivity contribution in [3.8, 4) is 6.07 Å². The molecule has 1 atom stereocenters. The van der Waals surface area contributed by atoms with Crippen LogP contribution in [0.15, 0.2) is 0 Å². The SMILES string of the molecule is N#CCCOP(=O)(O)CNCC(=O)O.O. The predicted octanol–water partition coefficient (Wildman–Crippen LogP) is -1.09. The maximum atomic E-state index is 11.0. The van der Waals surface area contributed by atoms with Gasteiger partial charge in [-0.05, 0) is 0 Å². The van der Waals surface area contributed by atoms with Crippen molar-refractivity contribution < 1.29 is 29.4 Å². The number of nitrogens with one attached hydrogen (secondary N) is 1. The Kier molecular flexibility index (Phi) is 9.16. The van der Waals surface area contributed by atoms with Gasteiger partial charge in [0.15, 0.2) is 0 Å². The van der Waals surface area contributed by atoms with Crippen molar-refractivity contribution in [2.24, 2.45) is 0 Å². The van der Waals surface area contributed by atoms with Crippen LogP contribution in [0.4, 0.5) is 0 Å². The number of carboxylic acid groups (broad SMARTS) is 1. The van der Waals surface area contributed by atoms with Gasteiger partial charge in [-0.15, -0.1) is 0 Å². The molecule has 0 radical (unpaired) electrons. The molecule has 1 unspecified atom stereocenters. The molecule has 0 aromatic rings. The Balaban J connectivity index is 0. The topological polar surface area (TPSA) is 151 Å². The van der Waals surface area contributed by atoms with Crippen LogP contribution in [-0.4, -0.2) is 40.9 Å². The molecule has 0 fully saturated rings. The number of aliphatic carboxylic acids is 1. The van der Waals surface area contributed by atoms with Crippen LogP contribution in [0.1, 0.15) is 6.42 Å². The van der Waals surface area contributed by atoms with Gasteiger partial charge in [0.05, 0.1) is 31.9 Å². The number of carboxylic acids is 1. The smallest absolute Gasteiger partial charge is 0.341 e. The minimum Gasteiger partial charge on any atom is -0.480 e. The van der Waals surface area contributed by atoms with Crippen molar-refractivity contribution in [2.45, 2.75) is 6.42 Å². The van der Waals surface area contributed by atoms with E-state index in [1.165, 1.54) is 0 Å². The first-order chi connectivity index (χ1) is 6.48. The molecule has 9 heteroatoms. The van der Waals surface area contributed by atoms with Crippen molar-refractivity contribution in [2.75, 3.05) is 19.4 Å². The highest BCUT2D eigenvalue weighted by Crippen LogP contribution is 2.40. The van der Waals surface area contributed by atoms with Crippen LogP contribution in [0.2, 0.25) is 0 Å². The van der Waals surface area contributed by atoms with Gasteiger partial charge in [-0.1, -0.05) is 0 Å². The second-order valence-corrected chi connectivity index (χ2v) is 4.21. The molecule has 0 aliphatic carbocycles. The lowest BCUT2D eigenvalue weighted by atomic mass is 10.5. The minimum atomic E-state index is -3.80. The summed E-state index contributed by atoms with van der Waals surface area (Å²) in [5, 5.41) is 18.6. The third-order valence-corrected chi connectivity index (χ3v) is 2.30. The van der Waals surface area contributed by atoms with E-state index < -0.39 is 26.4 Å². The molecule has 5 N–H and O–H groups in total. The fourth-order valence-corrected chi connectivity index (χ4v) is 1.45. The molecule has 0 spiro atoms. The Morgan fingerprint density at radius 1 is 1.60 bits per heavy atom. The Bertz CT molecular complexity index is 275. The summed E-state index contributed by atoms with van der Waals surface area (Å²) in [4.78, 5) is 19.1. The average molecular weight is 240 g/mol. The summed E-state index contributed by atoms with van der Waals surface area (Å²) >= 11 is 0. The minimum absolute atomic E-state index is 0. The highest BCUT2D eigenvalue weighted by Gasteiger charge is 2.18. The van der Waals surface area contributed by atoms with Crippen LogP contribution in [0.25, 0.3) is 0 Å². The Hall–Kier alpha value is -0.970. The highest BCUT2D eigenvalue weighted by molar-refractivity contribution is 7.52. The zero-order valence-corrected chi connectivity index (χ0v) is 8.74. The summed E-state index contributed by atoms with van der Waals surface area (Å²) < 4.78 is 15.5. The van der Waals surface area contributed by atoms with E-state index in [4.69, 9.17) is 15.3 Å². The maximum absolute atomic E-state index is 11.0. The third-order valence-electron chi connectivity index (χ3n) is 1.09. The molecule has 88 valence electrons. The van der Waals surface area contributed by atoms with Gasteiger partial charge in [0, 0.05) is 0 Å². The summed E-state index contributed by atoms with van der Waals surface area (Å²) in [6.45, 7) is -0.550. The number of rotatable bonds is 7. The lowest BCUT2D eigenvalue weighted by Gasteiger charge is -2.10. The van der Waals surface area contributed by atoms with Gasteiger partial charge in [-0.25, -0.2) is 0 Å². The van der Waals surface area contributed by atoms with E-state index in [0.717, 1.165) is 0 Å². The van der Waals surface area contributed by atoms with Crippen molar-refractivity contribution in [3.05, 3.63) is 0 Å². The molecular weight excluding hydrogens is 227 g/mol. The normalized spacial score (nSPS) is 13.3. The summed E-state index contributed by atoms with van der Waals surface area (Å²) in [5.74, 6) is -1.12. The first-order valence-corrected chi connectivity index (χ1v) is 5.50. The van der Waals surface area contributed by atoms with Crippen LogP contribution in [0, 0.1) is 11.3 Å². The van der Waals surface area contributed by atoms with E-state index in [2.05, 4.69) is 9.84 Å². The molecular formula is C6H13N2O6P. The molecule has 0 aliphatic heterocycles. The first kappa shape index (κ1) is 16.5. The van der Waals surface area contributed by atoms with Crippen molar-refractivity contribution in [1.82, 2.24) is 5.32 Å². The lowest BCUT2D eigenvalue weighted by molar-refractivity contribution is -0.135. The van der Waals surface area contributed by atoms with E-state index in [9.17, 15) is 9.36 Å². The predicted molar refractivity (Wildman–Crippen MR) is 50.1 cm³/mol. The number of nitriles is 1. The molecule has 0 amide bonds. The van der Waals surface area contributed by atoms with E-state index in [0.29, 0.717) is 0 Å². The second kappa shape index (κ2) is 8.35. The Labute approximate surface area is 86.3 Å². The van der Waals surface area contributed by atoms with Gasteiger partial charge in [0.25, 0.3) is 0 Å². The first-order valence-electron chi connectivity index (χ1n) is 3.74. The second-order valence-electron chi connectivity index (χ2n) is 2.36. The fourth-order valence-electron chi connectivity index (χ4n) is 0.584. The fraction of sp³-hybridized carbons (Fsp3) is 0.667. The summed E-state index contributed by atoms with van der Waals surface area (Å²) in [6.07, 6.45) is -0.422. The molecule has 0 heterocycles. The summed E-state index contributed by atoms with van der Waals surface area (Å²) in [7, 11) is -3.80. The van der Waals surface area contributed by atoms with Gasteiger partial charge in [-0.2, -0.15) is 5.26 Å². The summed E-state index contributed by atoms with van der Waals surface area (Å²) in [6, 6.07) is 1.74. The number of nitrogens with zero attached hydrogens (tertiary/aromatic N) is 1. The van der Waals surface area contributed by atoms with Gasteiger partial charge in [0.1, 0.15) is 0 Å². The Morgan fingerprint density at radius 2 is 2.20 bits per heavy atom. The number of hydrogen-bond acceptors (Lipinski definition) is 5. The molecule has 0 aliphatic rings. The van der Waals surface area contributed by atoms with E-state index in [1.54, 1.807) is 6.07 Å². The molecule has 0 saturated heterocycles. The van der Waals surface area contributed by atoms with Gasteiger partial charge in [-0.3, -0.25) is 14.7 Å². The zero-order valence-electron chi connectivity index (χ0n) is 7.84. The van der Waals surface area contributed by atoms with Gasteiger partial charge < -0.3 is 20.0 Å². The van der Waals surface area contributed by atoms with Gasteiger partial charge >= 0.3 is 13.6 Å². The maximum Gasteiger partial charge on any atom is 0.341 e. The monoisotopic (exact) mass is 240 g/mol. The molecule has 0 bridgehead atoms. The van der Waals surface area contributed by atoms with E-state index >= 15 is 0 Å². The quantitative estimate of drug-likeness (QED) is 0.377. The van der Waals surface area contributed by atoms with Crippen LogP contribution in [0.3, 0.4) is 0 Å². The Morgan fingerprint density at radius 3 is 2.67 bits per heavy atom. The molecule has 0 aromatic carbocycles. The molecule has 0 saturated carbocycles. The summed E-state index contributed by atoms with van der Waals surface area (Å²) in [5.41, 5.74) is 0. The average Bonchev–Trinajstić information content (AvgIpc) is 2.03. The number of carbonyl (C=O) groups is 1. The molecule has 15 heavy (non-hydrogen) atoms. The third kappa shape index (κ3) is 11.0. The largest absolute Gasteiger partial charge is 0.480 e. The molecule has 0 rings (SSSR count). The highest BCUT2D eigenvalue weighted by atomic mass is 31.2. The lowest BCUT2D eigenvalue weighted by Crippen LogP contribution is -2.24. The standard InChI is InChI=1S/C6H11N2O5P.H2O/c7-2-1-3-13-14(11,12)5-8-4-6(9)10;/h8H,1,3-5H2,(H,9,10)(H,11,12);1H2. The zero-order chi connectivity index (χ0) is 11.0. The van der Waals surface area contributed by atoms with E-state index in [-0.39, 0.29) is 18.5 Å². The van der Waals surface area contributed by atoms with Crippen LogP contribution >= 0.6 is 7.60 Å². The van der Waals surface area contributed by atoms with E-state index in [1.807, 2.05) is 0 Å². The molecule has 0 aromatic heterocycles. The van der Waals surface area contributed by atoms with Crippen molar-refractivity contribution >= 4 is 13.6 Å². The van der Waals surface area contributed by atoms with Crippen LogP contribution in [-0.2, 0) is 13.9 Å². The van der Waals surface area contributed by atoms with Gasteiger partial charge in [0.2, 0.25) is 0 Å².